The molecule has 0 saturated heterocycles. The van der Waals surface area contributed by atoms with E-state index in [9.17, 15) is 4.79 Å². The Morgan fingerprint density at radius 3 is 2.42 bits per heavy atom. The summed E-state index contributed by atoms with van der Waals surface area (Å²) in [4.78, 5) is 10.4. The molecule has 3 nitrogen and oxygen atoms in total. The molecule has 72 valence electrons. The van der Waals surface area contributed by atoms with Gasteiger partial charge in [0.25, 0.3) is 0 Å². The maximum Gasteiger partial charge on any atom is 0.307 e. The van der Waals surface area contributed by atoms with E-state index >= 15 is 0 Å². The van der Waals surface area contributed by atoms with E-state index in [2.05, 4.69) is 19.2 Å². The molecule has 0 aliphatic rings. The van der Waals surface area contributed by atoms with Crippen molar-refractivity contribution in [3.63, 3.8) is 0 Å². The molecule has 0 rings (SSSR count). The molecule has 0 saturated carbocycles. The number of hydrogen-bond acceptors (Lipinski definition) is 2. The highest BCUT2D eigenvalue weighted by Crippen LogP contribution is 1.98. The van der Waals surface area contributed by atoms with Crippen molar-refractivity contribution in [3.8, 4) is 0 Å². The van der Waals surface area contributed by atoms with Crippen molar-refractivity contribution in [2.45, 2.75) is 27.2 Å². The number of hydrogen-bond donors (Lipinski definition) is 2. The Bertz CT molecular complexity index is 136. The van der Waals surface area contributed by atoms with E-state index in [1.54, 1.807) is 6.92 Å². The first-order valence-electron chi connectivity index (χ1n) is 4.51. The Hall–Kier alpha value is -0.570. The third kappa shape index (κ3) is 5.13. The zero-order valence-corrected chi connectivity index (χ0v) is 8.13. The normalized spacial score (nSPS) is 15.6. The summed E-state index contributed by atoms with van der Waals surface area (Å²) in [7, 11) is 0. The van der Waals surface area contributed by atoms with Crippen LogP contribution in [-0.4, -0.2) is 24.2 Å². The number of nitrogens with one attached hydrogen (secondary N) is 1. The van der Waals surface area contributed by atoms with Crippen LogP contribution in [0.3, 0.4) is 0 Å². The Morgan fingerprint density at radius 1 is 1.42 bits per heavy atom. The quantitative estimate of drug-likeness (QED) is 0.637. The number of carbonyl (C=O) groups is 1. The second kappa shape index (κ2) is 6.00. The van der Waals surface area contributed by atoms with Crippen LogP contribution < -0.4 is 5.32 Å². The fraction of sp³-hybridized carbons (Fsp3) is 0.889. The lowest BCUT2D eigenvalue weighted by Crippen LogP contribution is -2.29. The van der Waals surface area contributed by atoms with Gasteiger partial charge in [0, 0.05) is 6.54 Å². The second-order valence-corrected chi connectivity index (χ2v) is 3.41. The SMILES string of the molecule is CCC(C)CNCC(C)C(=O)O. The standard InChI is InChI=1S/C9H19NO2/c1-4-7(2)5-10-6-8(3)9(11)12/h7-8,10H,4-6H2,1-3H3,(H,11,12). The molecule has 0 radical (unpaired) electrons. The van der Waals surface area contributed by atoms with Gasteiger partial charge in [-0.25, -0.2) is 0 Å². The molecule has 0 amide bonds. The van der Waals surface area contributed by atoms with Crippen LogP contribution in [0.5, 0.6) is 0 Å². The minimum absolute atomic E-state index is 0.283. The van der Waals surface area contributed by atoms with E-state index < -0.39 is 5.97 Å². The van der Waals surface area contributed by atoms with Gasteiger partial charge in [0.1, 0.15) is 0 Å². The summed E-state index contributed by atoms with van der Waals surface area (Å²) in [5.74, 6) is -0.383. The van der Waals surface area contributed by atoms with Crippen LogP contribution in [0.1, 0.15) is 27.2 Å². The number of rotatable bonds is 6. The molecular formula is C9H19NO2. The summed E-state index contributed by atoms with van der Waals surface area (Å²) in [6.45, 7) is 7.48. The Kier molecular flexibility index (Phi) is 5.72. The maximum absolute atomic E-state index is 10.4. The molecule has 0 aromatic heterocycles. The van der Waals surface area contributed by atoms with Crippen molar-refractivity contribution < 1.29 is 9.90 Å². The molecule has 0 aromatic carbocycles. The predicted octanol–water partition coefficient (Wildman–Crippen LogP) is 1.34. The number of carboxylic acid groups (broad SMARTS) is 1. The average Bonchev–Trinajstić information content (AvgIpc) is 2.03. The lowest BCUT2D eigenvalue weighted by atomic mass is 10.1. The summed E-state index contributed by atoms with van der Waals surface area (Å²) >= 11 is 0. The molecule has 2 atom stereocenters. The molecule has 0 fully saturated rings. The van der Waals surface area contributed by atoms with Crippen LogP contribution in [0.2, 0.25) is 0 Å². The number of aliphatic carboxylic acids is 1. The van der Waals surface area contributed by atoms with E-state index in [0.717, 1.165) is 13.0 Å². The van der Waals surface area contributed by atoms with Crippen LogP contribution in [-0.2, 0) is 4.79 Å². The van der Waals surface area contributed by atoms with Crippen molar-refractivity contribution in [3.05, 3.63) is 0 Å². The van der Waals surface area contributed by atoms with Gasteiger partial charge >= 0.3 is 5.97 Å². The monoisotopic (exact) mass is 173 g/mol. The lowest BCUT2D eigenvalue weighted by Gasteiger charge is -2.11. The minimum atomic E-state index is -0.730. The first-order valence-corrected chi connectivity index (χ1v) is 4.51. The third-order valence-electron chi connectivity index (χ3n) is 2.06. The molecule has 2 unspecified atom stereocenters. The highest BCUT2D eigenvalue weighted by atomic mass is 16.4. The molecule has 0 spiro atoms. The predicted molar refractivity (Wildman–Crippen MR) is 49.1 cm³/mol. The molecule has 0 bridgehead atoms. The summed E-state index contributed by atoms with van der Waals surface area (Å²) in [6, 6.07) is 0. The fourth-order valence-electron chi connectivity index (χ4n) is 0.778. The molecular weight excluding hydrogens is 154 g/mol. The van der Waals surface area contributed by atoms with Crippen LogP contribution in [0.25, 0.3) is 0 Å². The highest BCUT2D eigenvalue weighted by Gasteiger charge is 2.09. The summed E-state index contributed by atoms with van der Waals surface area (Å²) in [5, 5.41) is 11.7. The molecule has 12 heavy (non-hydrogen) atoms. The van der Waals surface area contributed by atoms with Gasteiger partial charge in [-0.1, -0.05) is 27.2 Å². The zero-order valence-electron chi connectivity index (χ0n) is 8.13. The molecule has 0 aliphatic carbocycles. The van der Waals surface area contributed by atoms with Crippen molar-refractivity contribution in [2.24, 2.45) is 11.8 Å². The van der Waals surface area contributed by atoms with E-state index in [1.807, 2.05) is 0 Å². The Labute approximate surface area is 74.2 Å². The minimum Gasteiger partial charge on any atom is -0.481 e. The van der Waals surface area contributed by atoms with Gasteiger partial charge in [-0.3, -0.25) is 4.79 Å². The van der Waals surface area contributed by atoms with Gasteiger partial charge in [-0.15, -0.1) is 0 Å². The van der Waals surface area contributed by atoms with Crippen molar-refractivity contribution in [1.29, 1.82) is 0 Å². The van der Waals surface area contributed by atoms with Crippen LogP contribution >= 0.6 is 0 Å². The fourth-order valence-corrected chi connectivity index (χ4v) is 0.778. The largest absolute Gasteiger partial charge is 0.481 e. The zero-order chi connectivity index (χ0) is 9.56. The molecule has 3 heteroatoms. The van der Waals surface area contributed by atoms with E-state index in [-0.39, 0.29) is 5.92 Å². The molecule has 0 aromatic rings. The first kappa shape index (κ1) is 11.4. The Balaban J connectivity index is 3.37. The number of carboxylic acids is 1. The van der Waals surface area contributed by atoms with Crippen LogP contribution in [0.15, 0.2) is 0 Å². The van der Waals surface area contributed by atoms with Crippen molar-refractivity contribution in [1.82, 2.24) is 5.32 Å². The first-order chi connectivity index (χ1) is 5.57. The van der Waals surface area contributed by atoms with Crippen molar-refractivity contribution >= 4 is 5.97 Å². The van der Waals surface area contributed by atoms with Crippen molar-refractivity contribution in [2.75, 3.05) is 13.1 Å². The Morgan fingerprint density at radius 2 is 2.00 bits per heavy atom. The molecule has 0 aliphatic heterocycles. The van der Waals surface area contributed by atoms with Gasteiger partial charge in [0.15, 0.2) is 0 Å². The van der Waals surface area contributed by atoms with Gasteiger partial charge in [0.2, 0.25) is 0 Å². The summed E-state index contributed by atoms with van der Waals surface area (Å²) in [5.41, 5.74) is 0. The van der Waals surface area contributed by atoms with Gasteiger partial charge < -0.3 is 10.4 Å². The summed E-state index contributed by atoms with van der Waals surface area (Å²) < 4.78 is 0. The molecule has 2 N–H and O–H groups in total. The smallest absolute Gasteiger partial charge is 0.307 e. The van der Waals surface area contributed by atoms with Gasteiger partial charge in [-0.2, -0.15) is 0 Å². The van der Waals surface area contributed by atoms with E-state index in [0.29, 0.717) is 12.5 Å². The second-order valence-electron chi connectivity index (χ2n) is 3.41. The van der Waals surface area contributed by atoms with Gasteiger partial charge in [0.05, 0.1) is 5.92 Å². The topological polar surface area (TPSA) is 49.3 Å². The maximum atomic E-state index is 10.4. The van der Waals surface area contributed by atoms with E-state index in [4.69, 9.17) is 5.11 Å². The third-order valence-corrected chi connectivity index (χ3v) is 2.06. The van der Waals surface area contributed by atoms with Crippen LogP contribution in [0.4, 0.5) is 0 Å². The van der Waals surface area contributed by atoms with E-state index in [1.165, 1.54) is 0 Å². The summed E-state index contributed by atoms with van der Waals surface area (Å²) in [6.07, 6.45) is 1.13. The van der Waals surface area contributed by atoms with Crippen LogP contribution in [0, 0.1) is 11.8 Å². The van der Waals surface area contributed by atoms with Gasteiger partial charge in [-0.05, 0) is 12.5 Å². The lowest BCUT2D eigenvalue weighted by molar-refractivity contribution is -0.140. The highest BCUT2D eigenvalue weighted by molar-refractivity contribution is 5.69. The average molecular weight is 173 g/mol. The molecule has 0 heterocycles.